The van der Waals surface area contributed by atoms with E-state index in [0.717, 1.165) is 19.3 Å². The minimum absolute atomic E-state index is 0. The van der Waals surface area contributed by atoms with E-state index in [4.69, 9.17) is 14.2 Å². The second-order valence-electron chi connectivity index (χ2n) is 6.02. The predicted octanol–water partition coefficient (Wildman–Crippen LogP) is 2.37. The van der Waals surface area contributed by atoms with Gasteiger partial charge in [0.2, 0.25) is 0 Å². The van der Waals surface area contributed by atoms with E-state index in [9.17, 15) is 19.5 Å². The fourth-order valence-electron chi connectivity index (χ4n) is 1.89. The predicted molar refractivity (Wildman–Crippen MR) is 99.8 cm³/mol. The molecular weight excluding hydrogens is 368 g/mol. The molecule has 0 aromatic heterocycles. The van der Waals surface area contributed by atoms with Crippen LogP contribution in [0.4, 0.5) is 0 Å². The van der Waals surface area contributed by atoms with Crippen LogP contribution in [0.5, 0.6) is 0 Å². The van der Waals surface area contributed by atoms with Gasteiger partial charge in [0.25, 0.3) is 0 Å². The van der Waals surface area contributed by atoms with Crippen molar-refractivity contribution in [3.8, 4) is 0 Å². The van der Waals surface area contributed by atoms with Crippen LogP contribution in [0.1, 0.15) is 75.0 Å². The summed E-state index contributed by atoms with van der Waals surface area (Å²) in [6.45, 7) is 6.35. The molecule has 0 spiro atoms. The molecule has 26 heavy (non-hydrogen) atoms. The van der Waals surface area contributed by atoms with E-state index in [-0.39, 0.29) is 60.4 Å². The van der Waals surface area contributed by atoms with Crippen molar-refractivity contribution in [2.75, 3.05) is 19.8 Å². The molecule has 0 unspecified atom stereocenters. The summed E-state index contributed by atoms with van der Waals surface area (Å²) >= 11 is 0. The number of carbonyl (C=O) groups is 3. The zero-order valence-electron chi connectivity index (χ0n) is 18.4. The number of hydrogen-bond donors (Lipinski definition) is 1. The van der Waals surface area contributed by atoms with E-state index >= 15 is 0 Å². The maximum atomic E-state index is 12.2. The normalized spacial score (nSPS) is 10.6. The summed E-state index contributed by atoms with van der Waals surface area (Å²) in [4.78, 5) is 35.9. The molecule has 0 heterocycles. The van der Waals surface area contributed by atoms with Gasteiger partial charge in [-0.3, -0.25) is 9.59 Å². The van der Waals surface area contributed by atoms with Crippen molar-refractivity contribution >= 4 is 55.6 Å². The SMILES string of the molecule is CCCCOC(=O)CC(O)(CC(=O)OCCCC)C(=O)OCCCC.[Ca+2].[H-].[H-]. The van der Waals surface area contributed by atoms with Crippen molar-refractivity contribution < 1.29 is 36.6 Å². The zero-order chi connectivity index (χ0) is 19.1. The van der Waals surface area contributed by atoms with E-state index in [2.05, 4.69) is 0 Å². The van der Waals surface area contributed by atoms with Gasteiger partial charge in [-0.1, -0.05) is 40.0 Å². The molecule has 0 atom stereocenters. The molecule has 1 N–H and O–H groups in total. The number of rotatable bonds is 14. The van der Waals surface area contributed by atoms with Gasteiger partial charge in [-0.15, -0.1) is 0 Å². The smallest absolute Gasteiger partial charge is 1.00 e. The summed E-state index contributed by atoms with van der Waals surface area (Å²) in [6.07, 6.45) is 3.23. The average molecular weight is 403 g/mol. The Kier molecular flexibility index (Phi) is 18.0. The van der Waals surface area contributed by atoms with Crippen LogP contribution in [0.15, 0.2) is 0 Å². The summed E-state index contributed by atoms with van der Waals surface area (Å²) in [5.74, 6) is -2.49. The second-order valence-corrected chi connectivity index (χ2v) is 6.02. The summed E-state index contributed by atoms with van der Waals surface area (Å²) in [5, 5.41) is 10.6. The zero-order valence-corrected chi connectivity index (χ0v) is 18.6. The van der Waals surface area contributed by atoms with Gasteiger partial charge >= 0.3 is 55.6 Å². The van der Waals surface area contributed by atoms with Crippen LogP contribution in [0.25, 0.3) is 0 Å². The fourth-order valence-corrected chi connectivity index (χ4v) is 1.89. The molecule has 0 amide bonds. The van der Waals surface area contributed by atoms with Crippen molar-refractivity contribution in [1.29, 1.82) is 0 Å². The second kappa shape index (κ2) is 16.8. The van der Waals surface area contributed by atoms with Crippen LogP contribution in [0.3, 0.4) is 0 Å². The molecule has 0 aromatic rings. The van der Waals surface area contributed by atoms with Crippen LogP contribution in [0, 0.1) is 0 Å². The standard InChI is InChI=1S/C18H32O7.Ca.2H/c1-4-7-10-23-15(19)13-18(22,17(21)25-12-9-6-3)14-16(20)24-11-8-5-2;;;/h22H,4-14H2,1-3H3;;;/q;+2;2*-1. The molecule has 0 fully saturated rings. The monoisotopic (exact) mass is 402 g/mol. The van der Waals surface area contributed by atoms with Gasteiger partial charge in [0.15, 0.2) is 5.60 Å². The first-order valence-corrected chi connectivity index (χ1v) is 9.10. The van der Waals surface area contributed by atoms with Crippen LogP contribution in [0.2, 0.25) is 0 Å². The summed E-state index contributed by atoms with van der Waals surface area (Å²) in [5.41, 5.74) is -2.26. The van der Waals surface area contributed by atoms with E-state index < -0.39 is 36.4 Å². The van der Waals surface area contributed by atoms with Gasteiger partial charge in [-0.25, -0.2) is 4.79 Å². The van der Waals surface area contributed by atoms with Crippen LogP contribution >= 0.6 is 0 Å². The number of unbranched alkanes of at least 4 members (excludes halogenated alkanes) is 3. The molecule has 0 aliphatic rings. The maximum absolute atomic E-state index is 12.2. The Labute approximate surface area is 189 Å². The maximum Gasteiger partial charge on any atom is 2.00 e. The largest absolute Gasteiger partial charge is 2.00 e. The topological polar surface area (TPSA) is 99.1 Å². The molecule has 0 aliphatic heterocycles. The fraction of sp³-hybridized carbons (Fsp3) is 0.833. The van der Waals surface area contributed by atoms with Crippen LogP contribution in [-0.2, 0) is 28.6 Å². The van der Waals surface area contributed by atoms with Gasteiger partial charge in [-0.2, -0.15) is 0 Å². The molecule has 0 aliphatic carbocycles. The van der Waals surface area contributed by atoms with Crippen molar-refractivity contribution in [1.82, 2.24) is 0 Å². The van der Waals surface area contributed by atoms with Crippen molar-refractivity contribution in [3.63, 3.8) is 0 Å². The summed E-state index contributed by atoms with van der Waals surface area (Å²) < 4.78 is 14.9. The minimum Gasteiger partial charge on any atom is -1.00 e. The number of esters is 3. The van der Waals surface area contributed by atoms with Crippen molar-refractivity contribution in [2.24, 2.45) is 0 Å². The Morgan fingerprint density at radius 2 is 1.12 bits per heavy atom. The molecule has 0 saturated heterocycles. The van der Waals surface area contributed by atoms with E-state index in [1.54, 1.807) is 0 Å². The molecular formula is C18H34CaO7. The van der Waals surface area contributed by atoms with Gasteiger partial charge in [0.1, 0.15) is 0 Å². The molecule has 8 heteroatoms. The number of hydrogen-bond acceptors (Lipinski definition) is 7. The molecule has 0 radical (unpaired) electrons. The molecule has 150 valence electrons. The van der Waals surface area contributed by atoms with Crippen molar-refractivity contribution in [2.45, 2.75) is 77.7 Å². The van der Waals surface area contributed by atoms with E-state index in [0.29, 0.717) is 19.3 Å². The first kappa shape index (κ1) is 27.8. The Morgan fingerprint density at radius 3 is 1.46 bits per heavy atom. The Bertz CT molecular complexity index is 399. The van der Waals surface area contributed by atoms with Gasteiger partial charge in [0.05, 0.1) is 32.7 Å². The van der Waals surface area contributed by atoms with Gasteiger partial charge in [-0.05, 0) is 19.3 Å². The first-order chi connectivity index (χ1) is 11.9. The van der Waals surface area contributed by atoms with E-state index in [1.807, 2.05) is 20.8 Å². The Morgan fingerprint density at radius 1 is 0.769 bits per heavy atom. The van der Waals surface area contributed by atoms with Crippen molar-refractivity contribution in [3.05, 3.63) is 0 Å². The van der Waals surface area contributed by atoms with Gasteiger partial charge in [0, 0.05) is 0 Å². The molecule has 0 bridgehead atoms. The van der Waals surface area contributed by atoms with Crippen LogP contribution in [-0.4, -0.2) is 86.2 Å². The molecule has 0 aromatic carbocycles. The third-order valence-electron chi connectivity index (χ3n) is 3.51. The summed E-state index contributed by atoms with van der Waals surface area (Å²) in [7, 11) is 0. The third-order valence-corrected chi connectivity index (χ3v) is 3.51. The first-order valence-electron chi connectivity index (χ1n) is 9.10. The summed E-state index contributed by atoms with van der Waals surface area (Å²) in [6, 6.07) is 0. The third kappa shape index (κ3) is 12.9. The number of aliphatic hydroxyl groups is 1. The van der Waals surface area contributed by atoms with Gasteiger partial charge < -0.3 is 22.2 Å². The number of ether oxygens (including phenoxy) is 3. The molecule has 0 saturated carbocycles. The average Bonchev–Trinajstić information content (AvgIpc) is 2.55. The van der Waals surface area contributed by atoms with Crippen LogP contribution < -0.4 is 0 Å². The van der Waals surface area contributed by atoms with E-state index in [1.165, 1.54) is 0 Å². The minimum atomic E-state index is -2.26. The Hall–Kier alpha value is -0.370. The number of carbonyl (C=O) groups excluding carboxylic acids is 3. The molecule has 0 rings (SSSR count). The quantitative estimate of drug-likeness (QED) is 0.206. The molecule has 7 nitrogen and oxygen atoms in total. The Balaban J connectivity index is -0.000000960.